The number of hydrogen-bond acceptors (Lipinski definition) is 2. The highest BCUT2D eigenvalue weighted by molar-refractivity contribution is 6.33. The van der Waals surface area contributed by atoms with Gasteiger partial charge in [-0.05, 0) is 62.9 Å². The molecule has 0 saturated carbocycles. The number of para-hydroxylation sites is 1. The SMILES string of the molecule is CC(C(=O)Nc1ccccc1Cl)N1CCC(Cc2ccccc2)CC1. The van der Waals surface area contributed by atoms with Crippen molar-refractivity contribution in [3.05, 3.63) is 65.2 Å². The van der Waals surface area contributed by atoms with Gasteiger partial charge < -0.3 is 5.32 Å². The summed E-state index contributed by atoms with van der Waals surface area (Å²) in [6.45, 7) is 3.91. The zero-order valence-electron chi connectivity index (χ0n) is 14.6. The molecule has 1 saturated heterocycles. The van der Waals surface area contributed by atoms with Crippen molar-refractivity contribution in [3.63, 3.8) is 0 Å². The number of carbonyl (C=O) groups excluding carboxylic acids is 1. The van der Waals surface area contributed by atoms with Gasteiger partial charge >= 0.3 is 0 Å². The van der Waals surface area contributed by atoms with Crippen LogP contribution in [0.4, 0.5) is 5.69 Å². The summed E-state index contributed by atoms with van der Waals surface area (Å²) < 4.78 is 0. The Balaban J connectivity index is 1.50. The number of anilines is 1. The fourth-order valence-electron chi connectivity index (χ4n) is 3.46. The molecule has 3 nitrogen and oxygen atoms in total. The molecule has 1 amide bonds. The molecule has 1 atom stereocenters. The second kappa shape index (κ2) is 8.50. The number of amides is 1. The number of piperidine rings is 1. The summed E-state index contributed by atoms with van der Waals surface area (Å²) in [6.07, 6.45) is 3.41. The van der Waals surface area contributed by atoms with E-state index in [-0.39, 0.29) is 11.9 Å². The summed E-state index contributed by atoms with van der Waals surface area (Å²) in [5.74, 6) is 0.715. The average Bonchev–Trinajstić information content (AvgIpc) is 2.64. The summed E-state index contributed by atoms with van der Waals surface area (Å²) in [6, 6.07) is 17.9. The zero-order valence-corrected chi connectivity index (χ0v) is 15.4. The van der Waals surface area contributed by atoms with E-state index < -0.39 is 0 Å². The summed E-state index contributed by atoms with van der Waals surface area (Å²) in [4.78, 5) is 14.8. The fourth-order valence-corrected chi connectivity index (χ4v) is 3.64. The molecule has 1 aliphatic heterocycles. The molecule has 1 fully saturated rings. The van der Waals surface area contributed by atoms with Gasteiger partial charge in [-0.25, -0.2) is 0 Å². The first-order valence-corrected chi connectivity index (χ1v) is 9.34. The summed E-state index contributed by atoms with van der Waals surface area (Å²) >= 11 is 6.13. The number of hydrogen-bond donors (Lipinski definition) is 1. The van der Waals surface area contributed by atoms with Crippen LogP contribution in [-0.4, -0.2) is 29.9 Å². The van der Waals surface area contributed by atoms with Crippen LogP contribution in [0.25, 0.3) is 0 Å². The average molecular weight is 357 g/mol. The quantitative estimate of drug-likeness (QED) is 0.847. The van der Waals surface area contributed by atoms with Gasteiger partial charge in [0.2, 0.25) is 5.91 Å². The number of likely N-dealkylation sites (tertiary alicyclic amines) is 1. The lowest BCUT2D eigenvalue weighted by molar-refractivity contribution is -0.121. The highest BCUT2D eigenvalue weighted by Gasteiger charge is 2.26. The van der Waals surface area contributed by atoms with E-state index in [0.717, 1.165) is 32.4 Å². The van der Waals surface area contributed by atoms with Gasteiger partial charge in [0, 0.05) is 0 Å². The van der Waals surface area contributed by atoms with Crippen LogP contribution in [0.3, 0.4) is 0 Å². The third-order valence-electron chi connectivity index (χ3n) is 5.08. The lowest BCUT2D eigenvalue weighted by Crippen LogP contribution is -2.46. The van der Waals surface area contributed by atoms with Crippen molar-refractivity contribution >= 4 is 23.2 Å². The van der Waals surface area contributed by atoms with Crippen LogP contribution in [0.2, 0.25) is 5.02 Å². The molecule has 1 heterocycles. The Bertz CT molecular complexity index is 696. The van der Waals surface area contributed by atoms with Crippen LogP contribution in [0.15, 0.2) is 54.6 Å². The van der Waals surface area contributed by atoms with Crippen molar-refractivity contribution < 1.29 is 4.79 Å². The maximum absolute atomic E-state index is 12.5. The Morgan fingerprint density at radius 3 is 2.44 bits per heavy atom. The predicted molar refractivity (Wildman–Crippen MR) is 104 cm³/mol. The predicted octanol–water partition coefficient (Wildman–Crippen LogP) is 4.62. The number of rotatable bonds is 5. The Hall–Kier alpha value is -1.84. The molecule has 0 spiro atoms. The van der Waals surface area contributed by atoms with Crippen LogP contribution in [0.5, 0.6) is 0 Å². The fraction of sp³-hybridized carbons (Fsp3) is 0.381. The van der Waals surface area contributed by atoms with E-state index in [1.54, 1.807) is 6.07 Å². The molecule has 1 unspecified atom stereocenters. The number of carbonyl (C=O) groups is 1. The van der Waals surface area contributed by atoms with Crippen molar-refractivity contribution in [2.24, 2.45) is 5.92 Å². The van der Waals surface area contributed by atoms with E-state index in [2.05, 4.69) is 40.5 Å². The van der Waals surface area contributed by atoms with Crippen molar-refractivity contribution in [2.75, 3.05) is 18.4 Å². The first kappa shape index (κ1) is 18.0. The van der Waals surface area contributed by atoms with E-state index in [1.807, 2.05) is 25.1 Å². The van der Waals surface area contributed by atoms with Crippen LogP contribution in [0.1, 0.15) is 25.3 Å². The highest BCUT2D eigenvalue weighted by atomic mass is 35.5. The third-order valence-corrected chi connectivity index (χ3v) is 5.40. The topological polar surface area (TPSA) is 32.3 Å². The van der Waals surface area contributed by atoms with E-state index >= 15 is 0 Å². The molecule has 4 heteroatoms. The zero-order chi connectivity index (χ0) is 17.6. The molecule has 3 rings (SSSR count). The van der Waals surface area contributed by atoms with Crippen molar-refractivity contribution in [3.8, 4) is 0 Å². The van der Waals surface area contributed by atoms with Crippen LogP contribution in [-0.2, 0) is 11.2 Å². The first-order valence-electron chi connectivity index (χ1n) is 8.97. The first-order chi connectivity index (χ1) is 12.1. The van der Waals surface area contributed by atoms with Crippen molar-refractivity contribution in [1.29, 1.82) is 0 Å². The Labute approximate surface area is 155 Å². The number of halogens is 1. The van der Waals surface area contributed by atoms with Crippen molar-refractivity contribution in [1.82, 2.24) is 4.90 Å². The Morgan fingerprint density at radius 1 is 1.12 bits per heavy atom. The van der Waals surface area contributed by atoms with Gasteiger partial charge in [-0.3, -0.25) is 9.69 Å². The van der Waals surface area contributed by atoms with Gasteiger partial charge in [0.05, 0.1) is 16.8 Å². The minimum atomic E-state index is -0.144. The lowest BCUT2D eigenvalue weighted by Gasteiger charge is -2.35. The van der Waals surface area contributed by atoms with Gasteiger partial charge in [-0.1, -0.05) is 54.1 Å². The molecule has 0 aliphatic carbocycles. The van der Waals surface area contributed by atoms with Gasteiger partial charge in [-0.15, -0.1) is 0 Å². The van der Waals surface area contributed by atoms with E-state index in [4.69, 9.17) is 11.6 Å². The second-order valence-corrected chi connectivity index (χ2v) is 7.22. The summed E-state index contributed by atoms with van der Waals surface area (Å²) in [7, 11) is 0. The van der Waals surface area contributed by atoms with Crippen LogP contribution >= 0.6 is 11.6 Å². The van der Waals surface area contributed by atoms with E-state index in [0.29, 0.717) is 16.6 Å². The minimum absolute atomic E-state index is 0.00890. The molecule has 0 bridgehead atoms. The van der Waals surface area contributed by atoms with Crippen molar-refractivity contribution in [2.45, 2.75) is 32.2 Å². The second-order valence-electron chi connectivity index (χ2n) is 6.81. The molecule has 25 heavy (non-hydrogen) atoms. The molecular weight excluding hydrogens is 332 g/mol. The van der Waals surface area contributed by atoms with Gasteiger partial charge in [0.25, 0.3) is 0 Å². The molecule has 0 radical (unpaired) electrons. The number of benzene rings is 2. The largest absolute Gasteiger partial charge is 0.323 e. The number of nitrogens with one attached hydrogen (secondary N) is 1. The Kier molecular flexibility index (Phi) is 6.11. The van der Waals surface area contributed by atoms with E-state index in [1.165, 1.54) is 5.56 Å². The summed E-state index contributed by atoms with van der Waals surface area (Å²) in [5.41, 5.74) is 2.09. The van der Waals surface area contributed by atoms with Crippen LogP contribution in [0, 0.1) is 5.92 Å². The molecular formula is C21H25ClN2O. The maximum atomic E-state index is 12.5. The molecule has 1 N–H and O–H groups in total. The Morgan fingerprint density at radius 2 is 1.76 bits per heavy atom. The molecule has 1 aliphatic rings. The molecule has 2 aromatic carbocycles. The maximum Gasteiger partial charge on any atom is 0.241 e. The van der Waals surface area contributed by atoms with Gasteiger partial charge in [0.15, 0.2) is 0 Å². The van der Waals surface area contributed by atoms with Crippen LogP contribution < -0.4 is 5.32 Å². The monoisotopic (exact) mass is 356 g/mol. The third kappa shape index (κ3) is 4.83. The minimum Gasteiger partial charge on any atom is -0.323 e. The number of nitrogens with zero attached hydrogens (tertiary/aromatic N) is 1. The van der Waals surface area contributed by atoms with Gasteiger partial charge in [0.1, 0.15) is 0 Å². The smallest absolute Gasteiger partial charge is 0.241 e. The molecule has 132 valence electrons. The van der Waals surface area contributed by atoms with Gasteiger partial charge in [-0.2, -0.15) is 0 Å². The summed E-state index contributed by atoms with van der Waals surface area (Å²) in [5, 5.41) is 3.52. The van der Waals surface area contributed by atoms with E-state index in [9.17, 15) is 4.79 Å². The molecule has 2 aromatic rings. The normalized spacial score (nSPS) is 17.2. The molecule has 0 aromatic heterocycles. The lowest BCUT2D eigenvalue weighted by atomic mass is 9.89. The highest BCUT2D eigenvalue weighted by Crippen LogP contribution is 2.24. The standard InChI is InChI=1S/C21H25ClN2O/c1-16(21(25)23-20-10-6-5-9-19(20)22)24-13-11-18(12-14-24)15-17-7-3-2-4-8-17/h2-10,16,18H,11-15H2,1H3,(H,23,25).